The number of fused-ring (bicyclic) bond motifs is 2. The standard InChI is InChI=1S/C22H21N3S/c1-2-26-22-24-21-20(8-5-13-23-21)25(22)14-16-11-12-18(15-9-10-15)19-7-4-3-6-17(16)19/h3-8,11-13,15H,2,9-10,14H2,1H3. The molecule has 1 fully saturated rings. The number of hydrogen-bond donors (Lipinski definition) is 0. The fourth-order valence-electron chi connectivity index (χ4n) is 3.77. The van der Waals surface area contributed by atoms with Crippen LogP contribution in [0.2, 0.25) is 0 Å². The van der Waals surface area contributed by atoms with E-state index in [0.29, 0.717) is 0 Å². The summed E-state index contributed by atoms with van der Waals surface area (Å²) in [5, 5.41) is 3.84. The number of aromatic nitrogens is 3. The Morgan fingerprint density at radius 3 is 2.69 bits per heavy atom. The summed E-state index contributed by atoms with van der Waals surface area (Å²) in [5.74, 6) is 1.77. The molecule has 2 aromatic heterocycles. The first-order valence-electron chi connectivity index (χ1n) is 9.29. The topological polar surface area (TPSA) is 30.7 Å². The molecule has 0 spiro atoms. The fraction of sp³-hybridized carbons (Fsp3) is 0.273. The van der Waals surface area contributed by atoms with Crippen molar-refractivity contribution < 1.29 is 0 Å². The van der Waals surface area contributed by atoms with Gasteiger partial charge in [-0.3, -0.25) is 0 Å². The quantitative estimate of drug-likeness (QED) is 0.433. The molecule has 0 aliphatic heterocycles. The first-order valence-corrected chi connectivity index (χ1v) is 10.3. The van der Waals surface area contributed by atoms with E-state index in [0.717, 1.165) is 34.5 Å². The van der Waals surface area contributed by atoms with Crippen molar-refractivity contribution >= 4 is 33.7 Å². The van der Waals surface area contributed by atoms with Crippen LogP contribution >= 0.6 is 11.8 Å². The summed E-state index contributed by atoms with van der Waals surface area (Å²) in [5.41, 5.74) is 4.82. The van der Waals surface area contributed by atoms with Gasteiger partial charge in [0.05, 0.1) is 12.1 Å². The van der Waals surface area contributed by atoms with Crippen LogP contribution in [0.1, 0.15) is 36.8 Å². The van der Waals surface area contributed by atoms with Crippen LogP contribution in [-0.4, -0.2) is 20.3 Å². The van der Waals surface area contributed by atoms with Crippen molar-refractivity contribution in [3.05, 3.63) is 65.9 Å². The molecule has 1 aliphatic carbocycles. The van der Waals surface area contributed by atoms with Gasteiger partial charge in [-0.15, -0.1) is 0 Å². The number of nitrogens with zero attached hydrogens (tertiary/aromatic N) is 3. The summed E-state index contributed by atoms with van der Waals surface area (Å²) >= 11 is 1.78. The summed E-state index contributed by atoms with van der Waals surface area (Å²) < 4.78 is 2.31. The third-order valence-electron chi connectivity index (χ3n) is 5.16. The number of pyridine rings is 1. The lowest BCUT2D eigenvalue weighted by molar-refractivity contribution is 0.735. The summed E-state index contributed by atoms with van der Waals surface area (Å²) in [7, 11) is 0. The lowest BCUT2D eigenvalue weighted by Gasteiger charge is -2.13. The molecule has 130 valence electrons. The van der Waals surface area contributed by atoms with Gasteiger partial charge in [-0.05, 0) is 58.5 Å². The lowest BCUT2D eigenvalue weighted by atomic mass is 9.97. The maximum absolute atomic E-state index is 4.75. The molecule has 5 rings (SSSR count). The number of benzene rings is 2. The first-order chi connectivity index (χ1) is 12.8. The number of imidazole rings is 1. The van der Waals surface area contributed by atoms with E-state index in [-0.39, 0.29) is 0 Å². The third kappa shape index (κ3) is 2.69. The molecule has 4 heteroatoms. The molecule has 1 aliphatic rings. The molecule has 26 heavy (non-hydrogen) atoms. The molecule has 0 unspecified atom stereocenters. The van der Waals surface area contributed by atoms with Crippen LogP contribution in [0.25, 0.3) is 21.9 Å². The van der Waals surface area contributed by atoms with Crippen molar-refractivity contribution in [2.75, 3.05) is 5.75 Å². The summed E-state index contributed by atoms with van der Waals surface area (Å²) in [4.78, 5) is 9.20. The monoisotopic (exact) mass is 359 g/mol. The van der Waals surface area contributed by atoms with E-state index in [4.69, 9.17) is 4.98 Å². The maximum atomic E-state index is 4.75. The molecular weight excluding hydrogens is 338 g/mol. The third-order valence-corrected chi connectivity index (χ3v) is 6.02. The predicted octanol–water partition coefficient (Wildman–Crippen LogP) is 5.62. The Bertz CT molecular complexity index is 1100. The molecule has 0 amide bonds. The smallest absolute Gasteiger partial charge is 0.178 e. The van der Waals surface area contributed by atoms with Gasteiger partial charge < -0.3 is 4.57 Å². The predicted molar refractivity (Wildman–Crippen MR) is 109 cm³/mol. The van der Waals surface area contributed by atoms with E-state index < -0.39 is 0 Å². The average Bonchev–Trinajstić information content (AvgIpc) is 3.46. The van der Waals surface area contributed by atoms with E-state index in [1.54, 1.807) is 11.8 Å². The van der Waals surface area contributed by atoms with Crippen LogP contribution in [0.4, 0.5) is 0 Å². The Hall–Kier alpha value is -2.33. The molecule has 4 aromatic rings. The zero-order chi connectivity index (χ0) is 17.5. The average molecular weight is 359 g/mol. The maximum Gasteiger partial charge on any atom is 0.178 e. The highest BCUT2D eigenvalue weighted by Gasteiger charge is 2.25. The van der Waals surface area contributed by atoms with Crippen LogP contribution in [0.3, 0.4) is 0 Å². The van der Waals surface area contributed by atoms with Gasteiger partial charge in [0.25, 0.3) is 0 Å². The Morgan fingerprint density at radius 1 is 1.04 bits per heavy atom. The minimum atomic E-state index is 0.762. The van der Waals surface area contributed by atoms with Gasteiger partial charge in [0.1, 0.15) is 0 Å². The molecule has 0 atom stereocenters. The second-order valence-corrected chi connectivity index (χ2v) is 8.12. The summed E-state index contributed by atoms with van der Waals surface area (Å²) in [6.45, 7) is 3.00. The van der Waals surface area contributed by atoms with Crippen molar-refractivity contribution in [2.24, 2.45) is 0 Å². The Balaban J connectivity index is 1.65. The molecule has 0 saturated heterocycles. The minimum Gasteiger partial charge on any atom is -0.313 e. The second kappa shape index (κ2) is 6.44. The number of rotatable bonds is 5. The Morgan fingerprint density at radius 2 is 1.88 bits per heavy atom. The number of thioether (sulfide) groups is 1. The minimum absolute atomic E-state index is 0.762. The first kappa shape index (κ1) is 15.9. The molecular formula is C22H21N3S. The summed E-state index contributed by atoms with van der Waals surface area (Å²) in [6.07, 6.45) is 4.48. The Kier molecular flexibility index (Phi) is 3.93. The molecule has 0 N–H and O–H groups in total. The van der Waals surface area contributed by atoms with E-state index in [9.17, 15) is 0 Å². The van der Waals surface area contributed by atoms with Crippen LogP contribution in [0.5, 0.6) is 0 Å². The van der Waals surface area contributed by atoms with Crippen molar-refractivity contribution in [1.29, 1.82) is 0 Å². The fourth-order valence-corrected chi connectivity index (χ4v) is 4.50. The van der Waals surface area contributed by atoms with E-state index in [2.05, 4.69) is 58.9 Å². The molecule has 0 radical (unpaired) electrons. The zero-order valence-corrected chi connectivity index (χ0v) is 15.7. The SMILES string of the molecule is CCSc1nc2ncccc2n1Cc1ccc(C2CC2)c2ccccc12. The van der Waals surface area contributed by atoms with Crippen molar-refractivity contribution in [1.82, 2.24) is 14.5 Å². The highest BCUT2D eigenvalue weighted by molar-refractivity contribution is 7.99. The second-order valence-electron chi connectivity index (χ2n) is 6.89. The number of hydrogen-bond acceptors (Lipinski definition) is 3. The van der Waals surface area contributed by atoms with Gasteiger partial charge in [0.15, 0.2) is 10.8 Å². The van der Waals surface area contributed by atoms with Crippen LogP contribution in [0, 0.1) is 0 Å². The lowest BCUT2D eigenvalue weighted by Crippen LogP contribution is -2.03. The van der Waals surface area contributed by atoms with Crippen LogP contribution < -0.4 is 0 Å². The molecule has 1 saturated carbocycles. The van der Waals surface area contributed by atoms with Gasteiger partial charge in [-0.1, -0.05) is 55.1 Å². The molecule has 2 heterocycles. The van der Waals surface area contributed by atoms with Gasteiger partial charge in [0, 0.05) is 6.20 Å². The van der Waals surface area contributed by atoms with Gasteiger partial charge in [-0.2, -0.15) is 0 Å². The van der Waals surface area contributed by atoms with Crippen molar-refractivity contribution in [2.45, 2.75) is 37.4 Å². The van der Waals surface area contributed by atoms with Gasteiger partial charge in [-0.25, -0.2) is 9.97 Å². The molecule has 0 bridgehead atoms. The largest absolute Gasteiger partial charge is 0.313 e. The van der Waals surface area contributed by atoms with Crippen LogP contribution in [0.15, 0.2) is 59.9 Å². The van der Waals surface area contributed by atoms with Crippen LogP contribution in [-0.2, 0) is 6.54 Å². The summed E-state index contributed by atoms with van der Waals surface area (Å²) in [6, 6.07) is 17.6. The van der Waals surface area contributed by atoms with Gasteiger partial charge >= 0.3 is 0 Å². The molecule has 2 aromatic carbocycles. The van der Waals surface area contributed by atoms with E-state index in [1.165, 1.54) is 34.7 Å². The Labute approximate surface area is 157 Å². The highest BCUT2D eigenvalue weighted by atomic mass is 32.2. The normalized spacial score (nSPS) is 14.3. The van der Waals surface area contributed by atoms with Crippen molar-refractivity contribution in [3.63, 3.8) is 0 Å². The van der Waals surface area contributed by atoms with Gasteiger partial charge in [0.2, 0.25) is 0 Å². The molecule has 3 nitrogen and oxygen atoms in total. The highest BCUT2D eigenvalue weighted by Crippen LogP contribution is 2.43. The van der Waals surface area contributed by atoms with Crippen molar-refractivity contribution in [3.8, 4) is 0 Å². The van der Waals surface area contributed by atoms with E-state index >= 15 is 0 Å². The van der Waals surface area contributed by atoms with E-state index in [1.807, 2.05) is 12.3 Å². The zero-order valence-electron chi connectivity index (χ0n) is 14.9.